The smallest absolute Gasteiger partial charge is 0.315 e. The molecule has 0 bridgehead atoms. The number of aliphatic carboxylic acids is 1. The molecule has 1 saturated heterocycles. The standard InChI is InChI=1S/C9H15NO3S/c1-6(9(12)13)8(11)10-7-3-2-4-14-5-7/h6-7H,2-5H2,1H3,(H,10,11)(H,12,13). The van der Waals surface area contributed by atoms with Crippen LogP contribution in [0.2, 0.25) is 0 Å². The summed E-state index contributed by atoms with van der Waals surface area (Å²) in [7, 11) is 0. The average molecular weight is 217 g/mol. The molecule has 1 rings (SSSR count). The molecule has 2 atom stereocenters. The monoisotopic (exact) mass is 217 g/mol. The summed E-state index contributed by atoms with van der Waals surface area (Å²) in [4.78, 5) is 21.9. The molecule has 4 nitrogen and oxygen atoms in total. The van der Waals surface area contributed by atoms with Crippen LogP contribution in [0.1, 0.15) is 19.8 Å². The van der Waals surface area contributed by atoms with Gasteiger partial charge >= 0.3 is 5.97 Å². The minimum absolute atomic E-state index is 0.156. The van der Waals surface area contributed by atoms with Crippen molar-refractivity contribution in [2.75, 3.05) is 11.5 Å². The summed E-state index contributed by atoms with van der Waals surface area (Å²) in [6.07, 6.45) is 2.06. The van der Waals surface area contributed by atoms with E-state index in [9.17, 15) is 9.59 Å². The number of carboxylic acids is 1. The van der Waals surface area contributed by atoms with Crippen molar-refractivity contribution in [3.05, 3.63) is 0 Å². The molecule has 0 aromatic rings. The Morgan fingerprint density at radius 1 is 1.57 bits per heavy atom. The van der Waals surface area contributed by atoms with Crippen LogP contribution in [-0.4, -0.2) is 34.5 Å². The molecule has 2 N–H and O–H groups in total. The van der Waals surface area contributed by atoms with Crippen LogP contribution in [0, 0.1) is 5.92 Å². The molecule has 0 aromatic carbocycles. The van der Waals surface area contributed by atoms with Crippen LogP contribution < -0.4 is 5.32 Å². The van der Waals surface area contributed by atoms with Crippen LogP contribution >= 0.6 is 11.8 Å². The Bertz CT molecular complexity index is 226. The summed E-state index contributed by atoms with van der Waals surface area (Å²) in [5.74, 6) is -0.336. The van der Waals surface area contributed by atoms with Crippen molar-refractivity contribution in [2.45, 2.75) is 25.8 Å². The van der Waals surface area contributed by atoms with Gasteiger partial charge in [0.2, 0.25) is 5.91 Å². The minimum atomic E-state index is -1.06. The molecule has 0 aromatic heterocycles. The van der Waals surface area contributed by atoms with E-state index in [0.29, 0.717) is 0 Å². The lowest BCUT2D eigenvalue weighted by molar-refractivity contribution is -0.146. The Kier molecular flexibility index (Phi) is 4.25. The lowest BCUT2D eigenvalue weighted by Crippen LogP contribution is -2.42. The normalized spacial score (nSPS) is 23.9. The fourth-order valence-corrected chi connectivity index (χ4v) is 2.36. The van der Waals surface area contributed by atoms with E-state index >= 15 is 0 Å². The first-order chi connectivity index (χ1) is 6.61. The Hall–Kier alpha value is -0.710. The maximum atomic E-state index is 11.4. The molecule has 1 fully saturated rings. The quantitative estimate of drug-likeness (QED) is 0.684. The molecular formula is C9H15NO3S. The topological polar surface area (TPSA) is 66.4 Å². The van der Waals surface area contributed by atoms with E-state index in [1.165, 1.54) is 6.92 Å². The zero-order chi connectivity index (χ0) is 10.6. The van der Waals surface area contributed by atoms with Crippen molar-refractivity contribution in [3.63, 3.8) is 0 Å². The third kappa shape index (κ3) is 3.21. The Morgan fingerprint density at radius 2 is 2.29 bits per heavy atom. The molecule has 2 unspecified atom stereocenters. The van der Waals surface area contributed by atoms with Gasteiger partial charge < -0.3 is 10.4 Å². The summed E-state index contributed by atoms with van der Waals surface area (Å²) < 4.78 is 0. The number of amides is 1. The summed E-state index contributed by atoms with van der Waals surface area (Å²) in [6, 6.07) is 0.156. The fraction of sp³-hybridized carbons (Fsp3) is 0.778. The van der Waals surface area contributed by atoms with Crippen molar-refractivity contribution >= 4 is 23.6 Å². The number of nitrogens with one attached hydrogen (secondary N) is 1. The number of carbonyl (C=O) groups excluding carboxylic acids is 1. The predicted octanol–water partition coefficient (Wildman–Crippen LogP) is 0.719. The van der Waals surface area contributed by atoms with E-state index in [1.54, 1.807) is 11.8 Å². The third-order valence-corrected chi connectivity index (χ3v) is 3.49. The highest BCUT2D eigenvalue weighted by Crippen LogP contribution is 2.17. The first-order valence-corrected chi connectivity index (χ1v) is 5.87. The van der Waals surface area contributed by atoms with Gasteiger partial charge in [-0.1, -0.05) is 0 Å². The lowest BCUT2D eigenvalue weighted by atomic mass is 10.1. The first-order valence-electron chi connectivity index (χ1n) is 4.72. The second-order valence-corrected chi connectivity index (χ2v) is 4.63. The number of rotatable bonds is 3. The molecule has 0 aliphatic carbocycles. The summed E-state index contributed by atoms with van der Waals surface area (Å²) in [5.41, 5.74) is 0. The maximum Gasteiger partial charge on any atom is 0.315 e. The second-order valence-electron chi connectivity index (χ2n) is 3.48. The van der Waals surface area contributed by atoms with Gasteiger partial charge in [0.15, 0.2) is 0 Å². The van der Waals surface area contributed by atoms with Crippen LogP contribution in [0.3, 0.4) is 0 Å². The highest BCUT2D eigenvalue weighted by molar-refractivity contribution is 7.99. The molecule has 1 aliphatic rings. The molecule has 0 saturated carbocycles. The highest BCUT2D eigenvalue weighted by Gasteiger charge is 2.23. The SMILES string of the molecule is CC(C(=O)O)C(=O)NC1CCCSC1. The third-order valence-electron chi connectivity index (χ3n) is 2.27. The number of hydrogen-bond acceptors (Lipinski definition) is 3. The zero-order valence-corrected chi connectivity index (χ0v) is 8.97. The van der Waals surface area contributed by atoms with E-state index in [1.807, 2.05) is 0 Å². The van der Waals surface area contributed by atoms with Crippen LogP contribution in [0.25, 0.3) is 0 Å². The van der Waals surface area contributed by atoms with E-state index in [2.05, 4.69) is 5.32 Å². The van der Waals surface area contributed by atoms with Gasteiger partial charge in [-0.05, 0) is 25.5 Å². The number of hydrogen-bond donors (Lipinski definition) is 2. The number of carboxylic acid groups (broad SMARTS) is 1. The van der Waals surface area contributed by atoms with Crippen molar-refractivity contribution in [3.8, 4) is 0 Å². The molecule has 1 aliphatic heterocycles. The number of thioether (sulfide) groups is 1. The van der Waals surface area contributed by atoms with Gasteiger partial charge in [-0.25, -0.2) is 0 Å². The van der Waals surface area contributed by atoms with Crippen LogP contribution in [0.4, 0.5) is 0 Å². The molecular weight excluding hydrogens is 202 g/mol. The summed E-state index contributed by atoms with van der Waals surface area (Å²) in [5, 5.41) is 11.4. The maximum absolute atomic E-state index is 11.4. The van der Waals surface area contributed by atoms with Crippen molar-refractivity contribution < 1.29 is 14.7 Å². The largest absolute Gasteiger partial charge is 0.481 e. The van der Waals surface area contributed by atoms with Crippen molar-refractivity contribution in [1.82, 2.24) is 5.32 Å². The molecule has 0 radical (unpaired) electrons. The fourth-order valence-electron chi connectivity index (χ4n) is 1.29. The highest BCUT2D eigenvalue weighted by atomic mass is 32.2. The Labute approximate surface area is 87.4 Å². The van der Waals surface area contributed by atoms with Crippen molar-refractivity contribution in [1.29, 1.82) is 0 Å². The molecule has 1 heterocycles. The Morgan fingerprint density at radius 3 is 2.79 bits per heavy atom. The van der Waals surface area contributed by atoms with Gasteiger partial charge in [-0.15, -0.1) is 0 Å². The van der Waals surface area contributed by atoms with Crippen LogP contribution in [-0.2, 0) is 9.59 Å². The summed E-state index contributed by atoms with van der Waals surface area (Å²) in [6.45, 7) is 1.41. The van der Waals surface area contributed by atoms with E-state index < -0.39 is 11.9 Å². The van der Waals surface area contributed by atoms with Gasteiger partial charge in [0.1, 0.15) is 5.92 Å². The average Bonchev–Trinajstić information content (AvgIpc) is 2.18. The first kappa shape index (κ1) is 11.4. The van der Waals surface area contributed by atoms with Gasteiger partial charge in [0.25, 0.3) is 0 Å². The Balaban J connectivity index is 2.35. The molecule has 0 spiro atoms. The lowest BCUT2D eigenvalue weighted by Gasteiger charge is -2.23. The predicted molar refractivity (Wildman–Crippen MR) is 55.3 cm³/mol. The van der Waals surface area contributed by atoms with E-state index in [-0.39, 0.29) is 11.9 Å². The molecule has 80 valence electrons. The van der Waals surface area contributed by atoms with Gasteiger partial charge in [0, 0.05) is 11.8 Å². The molecule has 5 heteroatoms. The van der Waals surface area contributed by atoms with Gasteiger partial charge in [-0.2, -0.15) is 11.8 Å². The zero-order valence-electron chi connectivity index (χ0n) is 8.16. The molecule has 1 amide bonds. The van der Waals surface area contributed by atoms with Crippen molar-refractivity contribution in [2.24, 2.45) is 5.92 Å². The van der Waals surface area contributed by atoms with Crippen LogP contribution in [0.5, 0.6) is 0 Å². The molecule has 14 heavy (non-hydrogen) atoms. The number of carbonyl (C=O) groups is 2. The van der Waals surface area contributed by atoms with Crippen LogP contribution in [0.15, 0.2) is 0 Å². The minimum Gasteiger partial charge on any atom is -0.481 e. The summed E-state index contributed by atoms with van der Waals surface area (Å²) >= 11 is 1.80. The van der Waals surface area contributed by atoms with E-state index in [4.69, 9.17) is 5.11 Å². The van der Waals surface area contributed by atoms with Gasteiger partial charge in [0.05, 0.1) is 0 Å². The van der Waals surface area contributed by atoms with Gasteiger partial charge in [-0.3, -0.25) is 9.59 Å². The van der Waals surface area contributed by atoms with E-state index in [0.717, 1.165) is 24.3 Å². The second kappa shape index (κ2) is 5.24.